The average Bonchev–Trinajstić information content (AvgIpc) is 2.87. The molecule has 4 heteroatoms. The van der Waals surface area contributed by atoms with E-state index in [2.05, 4.69) is 0 Å². The highest BCUT2D eigenvalue weighted by molar-refractivity contribution is 7.89. The number of benzene rings is 1. The Labute approximate surface area is 84.0 Å². The highest BCUT2D eigenvalue weighted by atomic mass is 32.2. The molecule has 1 saturated carbocycles. The van der Waals surface area contributed by atoms with Gasteiger partial charge in [0.15, 0.2) is 0 Å². The maximum absolute atomic E-state index is 11.2. The van der Waals surface area contributed by atoms with Crippen LogP contribution >= 0.6 is 0 Å². The van der Waals surface area contributed by atoms with Gasteiger partial charge in [-0.15, -0.1) is 0 Å². The molecule has 1 aliphatic carbocycles. The summed E-state index contributed by atoms with van der Waals surface area (Å²) < 4.78 is 22.5. The molecule has 1 aromatic carbocycles. The van der Waals surface area contributed by atoms with Crippen molar-refractivity contribution in [3.8, 4) is 0 Å². The number of hydrogen-bond acceptors (Lipinski definition) is 2. The molecule has 0 heterocycles. The fourth-order valence-corrected chi connectivity index (χ4v) is 2.37. The van der Waals surface area contributed by atoms with Gasteiger partial charge in [-0.05, 0) is 36.8 Å². The molecule has 0 aromatic heterocycles. The molecule has 3 nitrogen and oxygen atoms in total. The first kappa shape index (κ1) is 9.68. The van der Waals surface area contributed by atoms with Crippen LogP contribution in [0.15, 0.2) is 29.2 Å². The summed E-state index contributed by atoms with van der Waals surface area (Å²) in [6.45, 7) is 0. The highest BCUT2D eigenvalue weighted by Gasteiger charge is 2.24. The minimum atomic E-state index is -3.55. The number of nitrogens with two attached hydrogens (primary N) is 1. The summed E-state index contributed by atoms with van der Waals surface area (Å²) in [7, 11) is -3.55. The molecular weight excluding hydrogens is 198 g/mol. The first-order valence-electron chi connectivity index (χ1n) is 4.68. The van der Waals surface area contributed by atoms with E-state index < -0.39 is 10.0 Å². The molecule has 0 aliphatic heterocycles. The van der Waals surface area contributed by atoms with Crippen molar-refractivity contribution in [2.45, 2.75) is 24.2 Å². The zero-order chi connectivity index (χ0) is 10.2. The molecule has 1 fully saturated rings. The Morgan fingerprint density at radius 2 is 1.93 bits per heavy atom. The Morgan fingerprint density at radius 3 is 2.50 bits per heavy atom. The third-order valence-electron chi connectivity index (χ3n) is 2.48. The van der Waals surface area contributed by atoms with Crippen LogP contribution in [0.2, 0.25) is 0 Å². The summed E-state index contributed by atoms with van der Waals surface area (Å²) in [5.41, 5.74) is 0.859. The van der Waals surface area contributed by atoms with E-state index in [9.17, 15) is 8.42 Å². The molecule has 0 spiro atoms. The Kier molecular flexibility index (Phi) is 2.33. The molecule has 0 bridgehead atoms. The van der Waals surface area contributed by atoms with E-state index in [-0.39, 0.29) is 4.90 Å². The molecule has 1 aliphatic rings. The summed E-state index contributed by atoms with van der Waals surface area (Å²) in [4.78, 5) is 0.284. The summed E-state index contributed by atoms with van der Waals surface area (Å²) >= 11 is 0. The smallest absolute Gasteiger partial charge is 0.225 e. The number of sulfonamides is 1. The van der Waals surface area contributed by atoms with Gasteiger partial charge in [-0.2, -0.15) is 0 Å². The van der Waals surface area contributed by atoms with Gasteiger partial charge in [-0.1, -0.05) is 18.2 Å². The minimum Gasteiger partial charge on any atom is -0.225 e. The van der Waals surface area contributed by atoms with Gasteiger partial charge in [0.1, 0.15) is 0 Å². The molecular formula is C10H13NO2S. The third-order valence-corrected chi connectivity index (χ3v) is 3.50. The summed E-state index contributed by atoms with van der Waals surface area (Å²) in [6, 6.07) is 6.98. The largest absolute Gasteiger partial charge is 0.238 e. The van der Waals surface area contributed by atoms with Crippen LogP contribution in [-0.2, 0) is 16.4 Å². The van der Waals surface area contributed by atoms with Crippen molar-refractivity contribution in [3.05, 3.63) is 29.8 Å². The van der Waals surface area contributed by atoms with Crippen molar-refractivity contribution in [3.63, 3.8) is 0 Å². The molecule has 0 saturated heterocycles. The van der Waals surface area contributed by atoms with Crippen LogP contribution < -0.4 is 5.14 Å². The number of primary sulfonamides is 1. The Balaban J connectivity index is 2.37. The molecule has 0 radical (unpaired) electrons. The SMILES string of the molecule is NS(=O)(=O)c1ccccc1CC1CC1. The summed E-state index contributed by atoms with van der Waals surface area (Å²) in [5, 5.41) is 5.13. The third kappa shape index (κ3) is 2.13. The number of rotatable bonds is 3. The lowest BCUT2D eigenvalue weighted by Crippen LogP contribution is -2.14. The van der Waals surface area contributed by atoms with Crippen LogP contribution in [-0.4, -0.2) is 8.42 Å². The fraction of sp³-hybridized carbons (Fsp3) is 0.400. The fourth-order valence-electron chi connectivity index (χ4n) is 1.58. The van der Waals surface area contributed by atoms with Crippen molar-refractivity contribution in [2.24, 2.45) is 11.1 Å². The Morgan fingerprint density at radius 1 is 1.29 bits per heavy atom. The van der Waals surface area contributed by atoms with Crippen molar-refractivity contribution in [2.75, 3.05) is 0 Å². The van der Waals surface area contributed by atoms with Crippen LogP contribution in [0.5, 0.6) is 0 Å². The van der Waals surface area contributed by atoms with Crippen molar-refractivity contribution in [1.82, 2.24) is 0 Å². The van der Waals surface area contributed by atoms with E-state index in [0.29, 0.717) is 5.92 Å². The second-order valence-electron chi connectivity index (χ2n) is 3.80. The van der Waals surface area contributed by atoms with Crippen LogP contribution in [0.3, 0.4) is 0 Å². The van der Waals surface area contributed by atoms with Crippen LogP contribution in [0.4, 0.5) is 0 Å². The normalized spacial score (nSPS) is 16.9. The maximum atomic E-state index is 11.2. The van der Waals surface area contributed by atoms with Gasteiger partial charge in [-0.3, -0.25) is 0 Å². The van der Waals surface area contributed by atoms with Gasteiger partial charge < -0.3 is 0 Å². The van der Waals surface area contributed by atoms with E-state index in [4.69, 9.17) is 5.14 Å². The van der Waals surface area contributed by atoms with E-state index in [1.165, 1.54) is 12.8 Å². The Bertz CT molecular complexity index is 435. The van der Waals surface area contributed by atoms with E-state index in [1.54, 1.807) is 12.1 Å². The molecule has 0 atom stereocenters. The van der Waals surface area contributed by atoms with Crippen LogP contribution in [0, 0.1) is 5.92 Å². The highest BCUT2D eigenvalue weighted by Crippen LogP contribution is 2.33. The van der Waals surface area contributed by atoms with Gasteiger partial charge >= 0.3 is 0 Å². The van der Waals surface area contributed by atoms with Gasteiger partial charge in [0.05, 0.1) is 4.90 Å². The first-order chi connectivity index (χ1) is 6.57. The quantitative estimate of drug-likeness (QED) is 0.818. The lowest BCUT2D eigenvalue weighted by atomic mass is 10.1. The van der Waals surface area contributed by atoms with Gasteiger partial charge in [-0.25, -0.2) is 13.6 Å². The summed E-state index contributed by atoms with van der Waals surface area (Å²) in [5.74, 6) is 0.665. The predicted octanol–water partition coefficient (Wildman–Crippen LogP) is 1.29. The van der Waals surface area contributed by atoms with Crippen molar-refractivity contribution < 1.29 is 8.42 Å². The first-order valence-corrected chi connectivity index (χ1v) is 6.23. The second-order valence-corrected chi connectivity index (χ2v) is 5.33. The van der Waals surface area contributed by atoms with Crippen molar-refractivity contribution >= 4 is 10.0 Å². The van der Waals surface area contributed by atoms with Gasteiger partial charge in [0, 0.05) is 0 Å². The zero-order valence-electron chi connectivity index (χ0n) is 7.81. The molecule has 0 unspecified atom stereocenters. The molecule has 2 N–H and O–H groups in total. The molecule has 76 valence electrons. The number of hydrogen-bond donors (Lipinski definition) is 1. The summed E-state index contributed by atoms with van der Waals surface area (Å²) in [6.07, 6.45) is 3.25. The van der Waals surface area contributed by atoms with Crippen LogP contribution in [0.25, 0.3) is 0 Å². The lowest BCUT2D eigenvalue weighted by molar-refractivity contribution is 0.596. The predicted molar refractivity (Wildman–Crippen MR) is 54.2 cm³/mol. The standard InChI is InChI=1S/C10H13NO2S/c11-14(12,13)10-4-2-1-3-9(10)7-8-5-6-8/h1-4,8H,5-7H2,(H2,11,12,13). The van der Waals surface area contributed by atoms with Gasteiger partial charge in [0.25, 0.3) is 0 Å². The molecule has 0 amide bonds. The van der Waals surface area contributed by atoms with Crippen molar-refractivity contribution in [1.29, 1.82) is 0 Å². The monoisotopic (exact) mass is 211 g/mol. The Hall–Kier alpha value is -0.870. The zero-order valence-corrected chi connectivity index (χ0v) is 8.63. The van der Waals surface area contributed by atoms with Gasteiger partial charge in [0.2, 0.25) is 10.0 Å². The maximum Gasteiger partial charge on any atom is 0.238 e. The lowest BCUT2D eigenvalue weighted by Gasteiger charge is -2.05. The minimum absolute atomic E-state index is 0.284. The topological polar surface area (TPSA) is 60.2 Å². The van der Waals surface area contributed by atoms with Crippen LogP contribution in [0.1, 0.15) is 18.4 Å². The molecule has 1 aromatic rings. The van der Waals surface area contributed by atoms with E-state index in [0.717, 1.165) is 12.0 Å². The molecule has 2 rings (SSSR count). The average molecular weight is 211 g/mol. The van der Waals surface area contributed by atoms with E-state index >= 15 is 0 Å². The van der Waals surface area contributed by atoms with E-state index in [1.807, 2.05) is 12.1 Å². The molecule has 14 heavy (non-hydrogen) atoms. The second kappa shape index (κ2) is 3.37.